The predicted molar refractivity (Wildman–Crippen MR) is 165 cm³/mol. The fourth-order valence-electron chi connectivity index (χ4n) is 6.70. The van der Waals surface area contributed by atoms with E-state index in [2.05, 4.69) is 31.9 Å². The number of ether oxygens (including phenoxy) is 2. The van der Waals surface area contributed by atoms with E-state index in [1.165, 1.54) is 16.0 Å². The van der Waals surface area contributed by atoms with Crippen molar-refractivity contribution in [3.63, 3.8) is 0 Å². The second-order valence-electron chi connectivity index (χ2n) is 12.3. The number of halogens is 2. The van der Waals surface area contributed by atoms with Crippen LogP contribution in [0.1, 0.15) is 24.0 Å². The maximum absolute atomic E-state index is 16.0. The quantitative estimate of drug-likeness (QED) is 0.384. The minimum Gasteiger partial charge on any atom is -0.465 e. The minimum absolute atomic E-state index is 0.00888. The average Bonchev–Trinajstić information content (AvgIpc) is 3.62. The number of nitrogens with one attached hydrogen (secondary N) is 1. The smallest absolute Gasteiger partial charge is 0.416 e. The number of benzene rings is 1. The van der Waals surface area contributed by atoms with E-state index >= 15 is 8.78 Å². The molecule has 1 atom stereocenters. The summed E-state index contributed by atoms with van der Waals surface area (Å²) in [7, 11) is 3.24. The van der Waals surface area contributed by atoms with E-state index in [0.29, 0.717) is 56.4 Å². The molecule has 2 saturated heterocycles. The standard InChI is InChI=1S/C30H37F2N9O5/c1-34-25-23(31)18-10-17(11-19(18)24(32)26(25)39(3)9-8-38(2)22(43)12-33)14-40-6-4-30(5-7-40)16-41(29(44)46-30)20-13-35-28-27(36-20)37-21(42)15-45-28/h13,17H,1,4-12,14-16,33H2,2-3H3,(H,36,37,42). The molecule has 4 aliphatic rings. The summed E-state index contributed by atoms with van der Waals surface area (Å²) in [5, 5.41) is 2.60. The molecule has 2 fully saturated rings. The Morgan fingerprint density at radius 1 is 1.20 bits per heavy atom. The molecule has 1 spiro atoms. The number of carbonyl (C=O) groups is 3. The molecule has 1 aliphatic carbocycles. The van der Waals surface area contributed by atoms with Gasteiger partial charge in [0.15, 0.2) is 29.9 Å². The van der Waals surface area contributed by atoms with Gasteiger partial charge < -0.3 is 35.2 Å². The van der Waals surface area contributed by atoms with Gasteiger partial charge in [0, 0.05) is 59.7 Å². The van der Waals surface area contributed by atoms with Gasteiger partial charge in [0.2, 0.25) is 5.91 Å². The third-order valence-corrected chi connectivity index (χ3v) is 9.29. The summed E-state index contributed by atoms with van der Waals surface area (Å²) in [6.45, 7) is 5.95. The van der Waals surface area contributed by atoms with Crippen molar-refractivity contribution in [1.29, 1.82) is 0 Å². The van der Waals surface area contributed by atoms with Crippen LogP contribution in [0.15, 0.2) is 11.2 Å². The Kier molecular flexibility index (Phi) is 8.50. The van der Waals surface area contributed by atoms with Crippen LogP contribution < -0.4 is 25.6 Å². The molecule has 0 bridgehead atoms. The van der Waals surface area contributed by atoms with E-state index in [9.17, 15) is 14.4 Å². The Labute approximate surface area is 264 Å². The first-order valence-corrected chi connectivity index (χ1v) is 15.2. The molecule has 3 aliphatic heterocycles. The van der Waals surface area contributed by atoms with E-state index in [1.807, 2.05) is 0 Å². The summed E-state index contributed by atoms with van der Waals surface area (Å²) >= 11 is 0. The summed E-state index contributed by atoms with van der Waals surface area (Å²) in [5.41, 5.74) is 5.32. The topological polar surface area (TPSA) is 159 Å². The number of likely N-dealkylation sites (N-methyl/N-ethyl adjacent to an activating group) is 2. The van der Waals surface area contributed by atoms with Crippen molar-refractivity contribution in [2.45, 2.75) is 31.3 Å². The number of fused-ring (bicyclic) bond motifs is 2. The molecule has 1 aromatic heterocycles. The van der Waals surface area contributed by atoms with Crippen LogP contribution in [0, 0.1) is 17.6 Å². The van der Waals surface area contributed by atoms with Gasteiger partial charge >= 0.3 is 6.09 Å². The number of carbonyl (C=O) groups excluding carboxylic acids is 3. The number of aliphatic imine (C=N–C) groups is 1. The van der Waals surface area contributed by atoms with Crippen molar-refractivity contribution in [2.24, 2.45) is 16.6 Å². The van der Waals surface area contributed by atoms with E-state index in [1.54, 1.807) is 19.0 Å². The van der Waals surface area contributed by atoms with Gasteiger partial charge in [-0.15, -0.1) is 0 Å². The first-order chi connectivity index (χ1) is 22.0. The van der Waals surface area contributed by atoms with Crippen LogP contribution >= 0.6 is 0 Å². The summed E-state index contributed by atoms with van der Waals surface area (Å²) in [4.78, 5) is 55.4. The number of nitrogens with two attached hydrogens (primary N) is 1. The molecule has 3 amide bonds. The Morgan fingerprint density at radius 2 is 1.91 bits per heavy atom. The third kappa shape index (κ3) is 5.82. The fourth-order valence-corrected chi connectivity index (χ4v) is 6.70. The second kappa shape index (κ2) is 12.4. The lowest BCUT2D eigenvalue weighted by Crippen LogP contribution is -2.48. The highest BCUT2D eigenvalue weighted by atomic mass is 19.1. The van der Waals surface area contributed by atoms with Crippen LogP contribution in [0.4, 0.5) is 36.6 Å². The molecule has 1 aromatic carbocycles. The average molecular weight is 642 g/mol. The Balaban J connectivity index is 1.08. The minimum atomic E-state index is -0.700. The van der Waals surface area contributed by atoms with Gasteiger partial charge in [-0.2, -0.15) is 0 Å². The van der Waals surface area contributed by atoms with Crippen LogP contribution in [-0.4, -0.2) is 117 Å². The van der Waals surface area contributed by atoms with Gasteiger partial charge in [0.1, 0.15) is 17.0 Å². The molecular weight excluding hydrogens is 604 g/mol. The van der Waals surface area contributed by atoms with Gasteiger partial charge in [-0.05, 0) is 36.6 Å². The molecular formula is C30H37F2N9O5. The molecule has 0 radical (unpaired) electrons. The lowest BCUT2D eigenvalue weighted by Gasteiger charge is -2.38. The molecule has 16 heteroatoms. The number of aromatic nitrogens is 2. The zero-order valence-electron chi connectivity index (χ0n) is 25.9. The number of hydrogen-bond acceptors (Lipinski definition) is 11. The van der Waals surface area contributed by atoms with Crippen LogP contribution in [-0.2, 0) is 27.2 Å². The van der Waals surface area contributed by atoms with Gasteiger partial charge in [0.25, 0.3) is 11.8 Å². The highest BCUT2D eigenvalue weighted by Crippen LogP contribution is 2.44. The first-order valence-electron chi connectivity index (χ1n) is 15.2. The highest BCUT2D eigenvalue weighted by molar-refractivity contribution is 5.95. The summed E-state index contributed by atoms with van der Waals surface area (Å²) in [6.07, 6.45) is 2.79. The normalized spacial score (nSPS) is 20.1. The number of anilines is 3. The van der Waals surface area contributed by atoms with Crippen molar-refractivity contribution < 1.29 is 32.6 Å². The maximum atomic E-state index is 16.0. The van der Waals surface area contributed by atoms with Crippen molar-refractivity contribution in [3.05, 3.63) is 29.0 Å². The van der Waals surface area contributed by atoms with Crippen molar-refractivity contribution in [2.75, 3.05) is 81.6 Å². The van der Waals surface area contributed by atoms with Crippen molar-refractivity contribution in [3.8, 4) is 5.88 Å². The van der Waals surface area contributed by atoms with Gasteiger partial charge in [0.05, 0.1) is 19.3 Å². The summed E-state index contributed by atoms with van der Waals surface area (Å²) < 4.78 is 42.8. The SMILES string of the molecule is C=Nc1c(F)c2c(c(F)c1N(C)CCN(C)C(=O)CN)CC(CN1CCC3(CC1)CN(c1cnc4c(n1)NC(=O)CO4)C(=O)O3)C2. The lowest BCUT2D eigenvalue weighted by molar-refractivity contribution is -0.128. The van der Waals surface area contributed by atoms with Crippen LogP contribution in [0.2, 0.25) is 0 Å². The predicted octanol–water partition coefficient (Wildman–Crippen LogP) is 1.48. The lowest BCUT2D eigenvalue weighted by atomic mass is 9.90. The summed E-state index contributed by atoms with van der Waals surface area (Å²) in [6, 6.07) is 0. The van der Waals surface area contributed by atoms with Gasteiger partial charge in [-0.25, -0.2) is 23.5 Å². The Hall–Kier alpha value is -4.44. The van der Waals surface area contributed by atoms with Gasteiger partial charge in [-0.3, -0.25) is 19.5 Å². The van der Waals surface area contributed by atoms with Crippen molar-refractivity contribution in [1.82, 2.24) is 19.8 Å². The van der Waals surface area contributed by atoms with E-state index < -0.39 is 23.3 Å². The first kappa shape index (κ1) is 31.5. The molecule has 6 rings (SSSR count). The molecule has 0 saturated carbocycles. The van der Waals surface area contributed by atoms with Crippen molar-refractivity contribution >= 4 is 47.6 Å². The fraction of sp³-hybridized carbons (Fsp3) is 0.533. The zero-order chi connectivity index (χ0) is 32.7. The van der Waals surface area contributed by atoms with Gasteiger partial charge in [-0.1, -0.05) is 0 Å². The van der Waals surface area contributed by atoms with Crippen LogP contribution in [0.5, 0.6) is 5.88 Å². The molecule has 1 unspecified atom stereocenters. The summed E-state index contributed by atoms with van der Waals surface area (Å²) in [5.74, 6) is -1.07. The zero-order valence-corrected chi connectivity index (χ0v) is 25.9. The Morgan fingerprint density at radius 3 is 2.61 bits per heavy atom. The largest absolute Gasteiger partial charge is 0.465 e. The highest BCUT2D eigenvalue weighted by Gasteiger charge is 2.48. The van der Waals surface area contributed by atoms with Crippen LogP contribution in [0.3, 0.4) is 0 Å². The second-order valence-corrected chi connectivity index (χ2v) is 12.3. The Bertz CT molecular complexity index is 1580. The molecule has 2 aromatic rings. The van der Waals surface area contributed by atoms with Crippen LogP contribution in [0.25, 0.3) is 0 Å². The van der Waals surface area contributed by atoms with E-state index in [-0.39, 0.29) is 79.4 Å². The third-order valence-electron chi connectivity index (χ3n) is 9.29. The maximum Gasteiger partial charge on any atom is 0.416 e. The molecule has 3 N–H and O–H groups in total. The van der Waals surface area contributed by atoms with E-state index in [4.69, 9.17) is 15.2 Å². The number of nitrogens with zero attached hydrogens (tertiary/aromatic N) is 7. The molecule has 246 valence electrons. The van der Waals surface area contributed by atoms with E-state index in [0.717, 1.165) is 0 Å². The number of amides is 3. The molecule has 46 heavy (non-hydrogen) atoms. The molecule has 4 heterocycles. The molecule has 14 nitrogen and oxygen atoms in total. The number of hydrogen-bond donors (Lipinski definition) is 2. The number of piperidine rings is 1. The monoisotopic (exact) mass is 641 g/mol. The number of rotatable bonds is 9. The number of likely N-dealkylation sites (tertiary alicyclic amines) is 1.